The van der Waals surface area contributed by atoms with Gasteiger partial charge in [0.1, 0.15) is 5.75 Å². The highest BCUT2D eigenvalue weighted by Gasteiger charge is 2.40. The number of aryl methyl sites for hydroxylation is 1. The number of benzene rings is 1. The van der Waals surface area contributed by atoms with Gasteiger partial charge in [-0.05, 0) is 75.1 Å². The zero-order valence-corrected chi connectivity index (χ0v) is 14.9. The SMILES string of the molecule is CNC(CC1CC2CCC1C2)c1cc(Br)c(C)cc1OC. The van der Waals surface area contributed by atoms with E-state index in [9.17, 15) is 0 Å². The largest absolute Gasteiger partial charge is 0.496 e. The average Bonchev–Trinajstić information content (AvgIpc) is 3.09. The highest BCUT2D eigenvalue weighted by molar-refractivity contribution is 9.10. The first-order chi connectivity index (χ1) is 10.1. The lowest BCUT2D eigenvalue weighted by atomic mass is 9.82. The Labute approximate surface area is 136 Å². The summed E-state index contributed by atoms with van der Waals surface area (Å²) < 4.78 is 6.80. The maximum Gasteiger partial charge on any atom is 0.123 e. The van der Waals surface area contributed by atoms with Crippen LogP contribution in [-0.2, 0) is 0 Å². The Morgan fingerprint density at radius 2 is 2.14 bits per heavy atom. The number of methoxy groups -OCH3 is 1. The predicted octanol–water partition coefficient (Wildman–Crippen LogP) is 4.85. The molecule has 2 bridgehead atoms. The molecule has 4 unspecified atom stereocenters. The van der Waals surface area contributed by atoms with Crippen LogP contribution in [0.3, 0.4) is 0 Å². The molecular formula is C18H26BrNO. The van der Waals surface area contributed by atoms with Crippen molar-refractivity contribution in [3.8, 4) is 5.75 Å². The van der Waals surface area contributed by atoms with Crippen molar-refractivity contribution in [2.24, 2.45) is 17.8 Å². The van der Waals surface area contributed by atoms with E-state index in [-0.39, 0.29) is 0 Å². The lowest BCUT2D eigenvalue weighted by Gasteiger charge is -2.28. The Kier molecular flexibility index (Phi) is 4.60. The van der Waals surface area contributed by atoms with E-state index in [0.717, 1.165) is 23.5 Å². The molecular weight excluding hydrogens is 326 g/mol. The third-order valence-electron chi connectivity index (χ3n) is 5.66. The summed E-state index contributed by atoms with van der Waals surface area (Å²) in [4.78, 5) is 0. The first-order valence-corrected chi connectivity index (χ1v) is 8.93. The van der Waals surface area contributed by atoms with Crippen LogP contribution < -0.4 is 10.1 Å². The third-order valence-corrected chi connectivity index (χ3v) is 6.51. The van der Waals surface area contributed by atoms with Gasteiger partial charge in [-0.25, -0.2) is 0 Å². The topological polar surface area (TPSA) is 21.3 Å². The number of ether oxygens (including phenoxy) is 1. The molecule has 3 heteroatoms. The molecule has 4 atom stereocenters. The van der Waals surface area contributed by atoms with E-state index >= 15 is 0 Å². The summed E-state index contributed by atoms with van der Waals surface area (Å²) in [5.74, 6) is 3.90. The van der Waals surface area contributed by atoms with Gasteiger partial charge >= 0.3 is 0 Å². The molecule has 3 rings (SSSR count). The van der Waals surface area contributed by atoms with E-state index < -0.39 is 0 Å². The number of rotatable bonds is 5. The van der Waals surface area contributed by atoms with Gasteiger partial charge in [0.25, 0.3) is 0 Å². The van der Waals surface area contributed by atoms with Gasteiger partial charge in [0, 0.05) is 16.1 Å². The maximum absolute atomic E-state index is 5.63. The summed E-state index contributed by atoms with van der Waals surface area (Å²) in [6.07, 6.45) is 7.10. The lowest BCUT2D eigenvalue weighted by Crippen LogP contribution is -2.23. The van der Waals surface area contributed by atoms with Crippen molar-refractivity contribution in [1.82, 2.24) is 5.32 Å². The van der Waals surface area contributed by atoms with E-state index in [1.807, 2.05) is 0 Å². The molecule has 0 aromatic heterocycles. The Bertz CT molecular complexity index is 516. The summed E-state index contributed by atoms with van der Waals surface area (Å²) in [5, 5.41) is 3.53. The van der Waals surface area contributed by atoms with Crippen LogP contribution in [-0.4, -0.2) is 14.2 Å². The highest BCUT2D eigenvalue weighted by atomic mass is 79.9. The van der Waals surface area contributed by atoms with Crippen LogP contribution in [0.5, 0.6) is 5.75 Å². The summed E-state index contributed by atoms with van der Waals surface area (Å²) in [5.41, 5.74) is 2.52. The minimum absolute atomic E-state index is 0.390. The second kappa shape index (κ2) is 6.29. The average molecular weight is 352 g/mol. The second-order valence-corrected chi connectivity index (χ2v) is 7.71. The Hall–Kier alpha value is -0.540. The Morgan fingerprint density at radius 3 is 2.71 bits per heavy atom. The molecule has 1 aromatic carbocycles. The molecule has 2 nitrogen and oxygen atoms in total. The number of nitrogens with one attached hydrogen (secondary N) is 1. The van der Waals surface area contributed by atoms with Crippen molar-refractivity contribution < 1.29 is 4.74 Å². The lowest BCUT2D eigenvalue weighted by molar-refractivity contribution is 0.281. The monoisotopic (exact) mass is 351 g/mol. The molecule has 0 spiro atoms. The van der Waals surface area contributed by atoms with Crippen LogP contribution in [0.1, 0.15) is 49.3 Å². The Morgan fingerprint density at radius 1 is 1.33 bits per heavy atom. The smallest absolute Gasteiger partial charge is 0.123 e. The van der Waals surface area contributed by atoms with Gasteiger partial charge in [-0.15, -0.1) is 0 Å². The molecule has 1 N–H and O–H groups in total. The normalized spacial score (nSPS) is 28.9. The minimum Gasteiger partial charge on any atom is -0.496 e. The molecule has 2 saturated carbocycles. The summed E-state index contributed by atoms with van der Waals surface area (Å²) in [6.45, 7) is 2.11. The van der Waals surface area contributed by atoms with Crippen LogP contribution in [0, 0.1) is 24.7 Å². The number of halogens is 1. The fourth-order valence-electron chi connectivity index (χ4n) is 4.49. The molecule has 2 aliphatic carbocycles. The molecule has 0 amide bonds. The molecule has 2 fully saturated rings. The molecule has 1 aromatic rings. The van der Waals surface area contributed by atoms with Crippen molar-refractivity contribution in [3.63, 3.8) is 0 Å². The summed E-state index contributed by atoms with van der Waals surface area (Å²) in [6, 6.07) is 4.77. The molecule has 116 valence electrons. The number of fused-ring (bicyclic) bond motifs is 2. The van der Waals surface area contributed by atoms with Gasteiger partial charge in [0.2, 0.25) is 0 Å². The molecule has 0 aliphatic heterocycles. The fraction of sp³-hybridized carbons (Fsp3) is 0.667. The number of hydrogen-bond acceptors (Lipinski definition) is 2. The molecule has 0 saturated heterocycles. The third kappa shape index (κ3) is 3.00. The van der Waals surface area contributed by atoms with E-state index in [4.69, 9.17) is 4.74 Å². The number of hydrogen-bond donors (Lipinski definition) is 1. The van der Waals surface area contributed by atoms with Gasteiger partial charge in [0.15, 0.2) is 0 Å². The van der Waals surface area contributed by atoms with E-state index in [0.29, 0.717) is 6.04 Å². The van der Waals surface area contributed by atoms with Crippen LogP contribution in [0.4, 0.5) is 0 Å². The fourth-order valence-corrected chi connectivity index (χ4v) is 4.85. The van der Waals surface area contributed by atoms with Crippen molar-refractivity contribution in [2.75, 3.05) is 14.2 Å². The van der Waals surface area contributed by atoms with E-state index in [1.165, 1.54) is 47.7 Å². The molecule has 0 heterocycles. The molecule has 2 aliphatic rings. The minimum atomic E-state index is 0.390. The summed E-state index contributed by atoms with van der Waals surface area (Å²) in [7, 11) is 3.85. The van der Waals surface area contributed by atoms with Crippen LogP contribution in [0.15, 0.2) is 16.6 Å². The van der Waals surface area contributed by atoms with Crippen LogP contribution >= 0.6 is 15.9 Å². The van der Waals surface area contributed by atoms with Crippen LogP contribution in [0.2, 0.25) is 0 Å². The first-order valence-electron chi connectivity index (χ1n) is 8.13. The predicted molar refractivity (Wildman–Crippen MR) is 90.8 cm³/mol. The van der Waals surface area contributed by atoms with Crippen molar-refractivity contribution >= 4 is 15.9 Å². The van der Waals surface area contributed by atoms with Crippen molar-refractivity contribution in [3.05, 3.63) is 27.7 Å². The standard InChI is InChI=1S/C18H26BrNO/c1-11-6-18(21-3)15(10-16(11)19)17(20-2)9-14-8-12-4-5-13(14)7-12/h6,10,12-14,17,20H,4-5,7-9H2,1-3H3. The zero-order valence-electron chi connectivity index (χ0n) is 13.3. The zero-order chi connectivity index (χ0) is 15.0. The maximum atomic E-state index is 5.63. The van der Waals surface area contributed by atoms with Crippen molar-refractivity contribution in [2.45, 2.75) is 45.1 Å². The van der Waals surface area contributed by atoms with Crippen LogP contribution in [0.25, 0.3) is 0 Å². The van der Waals surface area contributed by atoms with Gasteiger partial charge < -0.3 is 10.1 Å². The van der Waals surface area contributed by atoms with Crippen molar-refractivity contribution in [1.29, 1.82) is 0 Å². The van der Waals surface area contributed by atoms with Gasteiger partial charge in [-0.2, -0.15) is 0 Å². The molecule has 0 radical (unpaired) electrons. The second-order valence-electron chi connectivity index (χ2n) is 6.86. The van der Waals surface area contributed by atoms with Gasteiger partial charge in [-0.1, -0.05) is 22.4 Å². The molecule has 21 heavy (non-hydrogen) atoms. The quantitative estimate of drug-likeness (QED) is 0.818. The Balaban J connectivity index is 1.81. The van der Waals surface area contributed by atoms with E-state index in [2.05, 4.69) is 47.4 Å². The highest BCUT2D eigenvalue weighted by Crippen LogP contribution is 2.51. The first kappa shape index (κ1) is 15.4. The summed E-state index contributed by atoms with van der Waals surface area (Å²) >= 11 is 3.67. The van der Waals surface area contributed by atoms with Gasteiger partial charge in [0.05, 0.1) is 7.11 Å². The van der Waals surface area contributed by atoms with Gasteiger partial charge in [-0.3, -0.25) is 0 Å². The van der Waals surface area contributed by atoms with E-state index in [1.54, 1.807) is 7.11 Å².